The third-order valence-corrected chi connectivity index (χ3v) is 4.88. The van der Waals surface area contributed by atoms with Crippen LogP contribution in [0.4, 0.5) is 26.7 Å². The summed E-state index contributed by atoms with van der Waals surface area (Å²) in [6.07, 6.45) is 5.57. The van der Waals surface area contributed by atoms with Gasteiger partial charge in [-0.1, -0.05) is 0 Å². The number of anilines is 3. The lowest BCUT2D eigenvalue weighted by Crippen LogP contribution is -2.60. The van der Waals surface area contributed by atoms with E-state index in [4.69, 9.17) is 6.42 Å². The van der Waals surface area contributed by atoms with E-state index in [1.807, 2.05) is 0 Å². The van der Waals surface area contributed by atoms with Gasteiger partial charge in [0.25, 0.3) is 0 Å². The van der Waals surface area contributed by atoms with Gasteiger partial charge in [-0.3, -0.25) is 14.4 Å². The lowest BCUT2D eigenvalue weighted by atomic mass is 10.0. The van der Waals surface area contributed by atoms with Crippen LogP contribution < -0.4 is 26.6 Å². The SMILES string of the molecule is C#CCCC(=O)Nc1ccc2c(c1)NC(=O)C(C)(C)NC(=O)N(C)C(=O)NC(C)(C)C(=O)N2. The predicted octanol–water partition coefficient (Wildman–Crippen LogP) is 1.84. The average Bonchev–Trinajstić information content (AvgIpc) is 2.72. The van der Waals surface area contributed by atoms with Gasteiger partial charge < -0.3 is 26.6 Å². The summed E-state index contributed by atoms with van der Waals surface area (Å²) in [5.74, 6) is 0.861. The standard InChI is InChI=1S/C22H28N6O5/c1-7-8-9-16(29)23-13-10-11-14-15(12-13)25-18(31)22(4,5)27-20(33)28(6)19(32)26-21(2,3)17(30)24-14/h1,10-12H,8-9H2,2-6H3,(H,23,29)(H,24,30)(H,25,31)(H,26,32)(H,27,33). The van der Waals surface area contributed by atoms with Crippen LogP contribution in [0.15, 0.2) is 18.2 Å². The minimum atomic E-state index is -1.43. The van der Waals surface area contributed by atoms with E-state index >= 15 is 0 Å². The van der Waals surface area contributed by atoms with Crippen LogP contribution >= 0.6 is 0 Å². The second kappa shape index (κ2) is 9.60. The minimum absolute atomic E-state index is 0.122. The molecule has 11 heteroatoms. The maximum Gasteiger partial charge on any atom is 0.326 e. The van der Waals surface area contributed by atoms with Gasteiger partial charge in [0.1, 0.15) is 11.1 Å². The number of nitrogens with zero attached hydrogens (tertiary/aromatic N) is 1. The first kappa shape index (κ1) is 25.2. The van der Waals surface area contributed by atoms with Gasteiger partial charge in [0.2, 0.25) is 17.7 Å². The molecule has 0 saturated carbocycles. The highest BCUT2D eigenvalue weighted by atomic mass is 16.2. The molecular weight excluding hydrogens is 428 g/mol. The van der Waals surface area contributed by atoms with Crippen LogP contribution in [-0.2, 0) is 14.4 Å². The number of rotatable bonds is 3. The van der Waals surface area contributed by atoms with E-state index in [9.17, 15) is 24.0 Å². The van der Waals surface area contributed by atoms with Gasteiger partial charge in [-0.25, -0.2) is 14.5 Å². The smallest absolute Gasteiger partial charge is 0.326 e. The Morgan fingerprint density at radius 3 is 2.00 bits per heavy atom. The first-order valence-corrected chi connectivity index (χ1v) is 10.1. The van der Waals surface area contributed by atoms with E-state index in [-0.39, 0.29) is 30.1 Å². The number of fused-ring (bicyclic) bond motifs is 1. The van der Waals surface area contributed by atoms with Crippen molar-refractivity contribution in [3.63, 3.8) is 0 Å². The van der Waals surface area contributed by atoms with Gasteiger partial charge in [0.15, 0.2) is 0 Å². The minimum Gasteiger partial charge on any atom is -0.326 e. The number of terminal acetylenes is 1. The number of benzene rings is 1. The number of carbonyl (C=O) groups excluding carboxylic acids is 5. The van der Waals surface area contributed by atoms with Gasteiger partial charge in [-0.2, -0.15) is 0 Å². The molecule has 0 aromatic heterocycles. The number of amides is 7. The molecule has 0 atom stereocenters. The summed E-state index contributed by atoms with van der Waals surface area (Å²) in [7, 11) is 1.22. The van der Waals surface area contributed by atoms with Crippen LogP contribution in [0.5, 0.6) is 0 Å². The van der Waals surface area contributed by atoms with Crippen molar-refractivity contribution in [2.24, 2.45) is 0 Å². The van der Waals surface area contributed by atoms with Crippen molar-refractivity contribution in [2.45, 2.75) is 51.6 Å². The van der Waals surface area contributed by atoms with Crippen molar-refractivity contribution in [3.05, 3.63) is 18.2 Å². The monoisotopic (exact) mass is 456 g/mol. The van der Waals surface area contributed by atoms with E-state index in [1.165, 1.54) is 46.9 Å². The van der Waals surface area contributed by atoms with Crippen molar-refractivity contribution >= 4 is 46.8 Å². The summed E-state index contributed by atoms with van der Waals surface area (Å²) in [6.45, 7) is 5.85. The largest absolute Gasteiger partial charge is 0.326 e. The third-order valence-electron chi connectivity index (χ3n) is 4.88. The maximum absolute atomic E-state index is 13.0. The van der Waals surface area contributed by atoms with Crippen molar-refractivity contribution in [2.75, 3.05) is 23.0 Å². The van der Waals surface area contributed by atoms with Crippen LogP contribution in [0.25, 0.3) is 0 Å². The van der Waals surface area contributed by atoms with Crippen LogP contribution in [0.2, 0.25) is 0 Å². The Morgan fingerprint density at radius 1 is 0.970 bits per heavy atom. The number of hydrogen-bond donors (Lipinski definition) is 5. The maximum atomic E-state index is 13.0. The molecule has 0 spiro atoms. The Morgan fingerprint density at radius 2 is 1.48 bits per heavy atom. The van der Waals surface area contributed by atoms with E-state index in [0.717, 1.165) is 4.90 Å². The first-order chi connectivity index (χ1) is 15.3. The van der Waals surface area contributed by atoms with Crippen LogP contribution in [0.1, 0.15) is 40.5 Å². The molecule has 1 aromatic rings. The lowest BCUT2D eigenvalue weighted by Gasteiger charge is -2.29. The average molecular weight is 457 g/mol. The van der Waals surface area contributed by atoms with E-state index in [2.05, 4.69) is 32.5 Å². The fraction of sp³-hybridized carbons (Fsp3) is 0.409. The molecule has 2 rings (SSSR count). The second-order valence-corrected chi connectivity index (χ2v) is 8.59. The summed E-state index contributed by atoms with van der Waals surface area (Å²) in [5, 5.41) is 13.0. The molecule has 33 heavy (non-hydrogen) atoms. The number of imide groups is 1. The van der Waals surface area contributed by atoms with Gasteiger partial charge in [-0.05, 0) is 45.9 Å². The molecule has 1 aromatic carbocycles. The fourth-order valence-electron chi connectivity index (χ4n) is 2.71. The molecule has 1 aliphatic rings. The highest BCUT2D eigenvalue weighted by Gasteiger charge is 2.36. The van der Waals surface area contributed by atoms with Gasteiger partial charge in [0, 0.05) is 25.6 Å². The van der Waals surface area contributed by atoms with E-state index in [1.54, 1.807) is 6.07 Å². The summed E-state index contributed by atoms with van der Waals surface area (Å²) in [5.41, 5.74) is -2.06. The first-order valence-electron chi connectivity index (χ1n) is 10.1. The van der Waals surface area contributed by atoms with Gasteiger partial charge in [0.05, 0.1) is 11.4 Å². The summed E-state index contributed by atoms with van der Waals surface area (Å²) in [4.78, 5) is 63.6. The molecule has 1 heterocycles. The number of nitrogens with one attached hydrogen (secondary N) is 5. The molecule has 7 amide bonds. The normalized spacial score (nSPS) is 18.0. The Bertz CT molecular complexity index is 1040. The van der Waals surface area contributed by atoms with E-state index in [0.29, 0.717) is 5.69 Å². The van der Waals surface area contributed by atoms with Gasteiger partial charge in [-0.15, -0.1) is 12.3 Å². The van der Waals surface area contributed by atoms with Gasteiger partial charge >= 0.3 is 12.1 Å². The Balaban J connectivity index is 2.48. The predicted molar refractivity (Wildman–Crippen MR) is 123 cm³/mol. The van der Waals surface area contributed by atoms with Crippen molar-refractivity contribution in [1.82, 2.24) is 15.5 Å². The number of carbonyl (C=O) groups is 5. The van der Waals surface area contributed by atoms with Crippen molar-refractivity contribution in [1.29, 1.82) is 0 Å². The molecule has 0 saturated heterocycles. The molecule has 11 nitrogen and oxygen atoms in total. The molecule has 1 aliphatic heterocycles. The number of urea groups is 2. The molecule has 0 aliphatic carbocycles. The molecule has 0 fully saturated rings. The highest BCUT2D eigenvalue weighted by Crippen LogP contribution is 2.28. The molecule has 0 radical (unpaired) electrons. The summed E-state index contributed by atoms with van der Waals surface area (Å²) < 4.78 is 0. The zero-order valence-corrected chi connectivity index (χ0v) is 19.2. The van der Waals surface area contributed by atoms with Crippen molar-refractivity contribution < 1.29 is 24.0 Å². The second-order valence-electron chi connectivity index (χ2n) is 8.59. The molecule has 5 N–H and O–H groups in total. The third kappa shape index (κ3) is 6.22. The highest BCUT2D eigenvalue weighted by molar-refractivity contribution is 6.08. The summed E-state index contributed by atoms with van der Waals surface area (Å²) in [6, 6.07) is 2.85. The van der Waals surface area contributed by atoms with E-state index < -0.39 is 35.0 Å². The van der Waals surface area contributed by atoms with Crippen molar-refractivity contribution in [3.8, 4) is 12.3 Å². The zero-order chi connectivity index (χ0) is 25.0. The quantitative estimate of drug-likeness (QED) is 0.440. The molecular formula is C22H28N6O5. The topological polar surface area (TPSA) is 149 Å². The fourth-order valence-corrected chi connectivity index (χ4v) is 2.71. The Labute approximate surface area is 192 Å². The lowest BCUT2D eigenvalue weighted by molar-refractivity contribution is -0.121. The number of hydrogen-bond acceptors (Lipinski definition) is 5. The molecule has 176 valence electrons. The van der Waals surface area contributed by atoms with Crippen LogP contribution in [0, 0.1) is 12.3 Å². The zero-order valence-electron chi connectivity index (χ0n) is 19.2. The molecule has 0 unspecified atom stereocenters. The van der Waals surface area contributed by atoms with Crippen LogP contribution in [0.3, 0.4) is 0 Å². The Hall–Kier alpha value is -4.07. The molecule has 0 bridgehead atoms. The Kier molecular flexibility index (Phi) is 7.33. The summed E-state index contributed by atoms with van der Waals surface area (Å²) >= 11 is 0. The van der Waals surface area contributed by atoms with Crippen LogP contribution in [-0.4, -0.2) is 52.8 Å².